The number of benzene rings is 1. The molecular formula is C22H30N6. The predicted octanol–water partition coefficient (Wildman–Crippen LogP) is 3.24. The highest BCUT2D eigenvalue weighted by Gasteiger charge is 2.03. The Morgan fingerprint density at radius 2 is 2.00 bits per heavy atom. The van der Waals surface area contributed by atoms with Crippen molar-refractivity contribution >= 4 is 16.9 Å². The Balaban J connectivity index is 1.51. The lowest BCUT2D eigenvalue weighted by Gasteiger charge is -2.12. The van der Waals surface area contributed by atoms with Gasteiger partial charge >= 0.3 is 0 Å². The van der Waals surface area contributed by atoms with Crippen LogP contribution in [0.5, 0.6) is 0 Å². The molecule has 0 unspecified atom stereocenters. The molecule has 1 aromatic carbocycles. The number of pyridine rings is 1. The van der Waals surface area contributed by atoms with Gasteiger partial charge in [0, 0.05) is 43.5 Å². The Morgan fingerprint density at radius 3 is 2.79 bits per heavy atom. The van der Waals surface area contributed by atoms with Gasteiger partial charge in [-0.25, -0.2) is 0 Å². The number of para-hydroxylation sites is 1. The molecule has 2 aromatic heterocycles. The van der Waals surface area contributed by atoms with Crippen LogP contribution in [-0.2, 0) is 13.0 Å². The molecule has 28 heavy (non-hydrogen) atoms. The summed E-state index contributed by atoms with van der Waals surface area (Å²) in [7, 11) is 0. The number of aromatic nitrogens is 3. The van der Waals surface area contributed by atoms with E-state index in [2.05, 4.69) is 69.6 Å². The van der Waals surface area contributed by atoms with E-state index >= 15 is 0 Å². The van der Waals surface area contributed by atoms with Crippen molar-refractivity contribution < 1.29 is 0 Å². The van der Waals surface area contributed by atoms with Gasteiger partial charge in [0.2, 0.25) is 0 Å². The van der Waals surface area contributed by atoms with Gasteiger partial charge in [0.25, 0.3) is 0 Å². The second-order valence-electron chi connectivity index (χ2n) is 6.93. The van der Waals surface area contributed by atoms with E-state index in [9.17, 15) is 0 Å². The van der Waals surface area contributed by atoms with E-state index in [1.54, 1.807) is 0 Å². The highest BCUT2D eigenvalue weighted by atomic mass is 15.3. The molecular weight excluding hydrogens is 348 g/mol. The van der Waals surface area contributed by atoms with Gasteiger partial charge in [-0.05, 0) is 51.3 Å². The van der Waals surface area contributed by atoms with Crippen LogP contribution >= 0.6 is 0 Å². The van der Waals surface area contributed by atoms with Gasteiger partial charge in [-0.2, -0.15) is 5.10 Å². The van der Waals surface area contributed by atoms with E-state index in [4.69, 9.17) is 4.99 Å². The summed E-state index contributed by atoms with van der Waals surface area (Å²) < 4.78 is 2.05. The van der Waals surface area contributed by atoms with Crippen molar-refractivity contribution in [2.75, 3.05) is 19.6 Å². The smallest absolute Gasteiger partial charge is 0.191 e. The highest BCUT2D eigenvalue weighted by Crippen LogP contribution is 2.15. The van der Waals surface area contributed by atoms with Crippen molar-refractivity contribution in [3.63, 3.8) is 0 Å². The summed E-state index contributed by atoms with van der Waals surface area (Å²) in [5.74, 6) is 0.865. The van der Waals surface area contributed by atoms with Crippen LogP contribution in [0, 0.1) is 13.8 Å². The van der Waals surface area contributed by atoms with Gasteiger partial charge in [0.15, 0.2) is 5.96 Å². The van der Waals surface area contributed by atoms with E-state index in [1.807, 2.05) is 19.2 Å². The minimum Gasteiger partial charge on any atom is -0.357 e. The summed E-state index contributed by atoms with van der Waals surface area (Å²) in [6.07, 6.45) is 3.73. The third-order valence-corrected chi connectivity index (χ3v) is 4.65. The van der Waals surface area contributed by atoms with Crippen molar-refractivity contribution in [1.29, 1.82) is 0 Å². The molecule has 0 radical (unpaired) electrons. The molecule has 2 heterocycles. The Bertz CT molecular complexity index is 922. The van der Waals surface area contributed by atoms with Crippen molar-refractivity contribution in [1.82, 2.24) is 25.4 Å². The van der Waals surface area contributed by atoms with Crippen molar-refractivity contribution in [2.24, 2.45) is 4.99 Å². The topological polar surface area (TPSA) is 67.1 Å². The lowest BCUT2D eigenvalue weighted by Crippen LogP contribution is -2.38. The molecule has 0 saturated carbocycles. The third-order valence-electron chi connectivity index (χ3n) is 4.65. The molecule has 0 fully saturated rings. The first kappa shape index (κ1) is 19.9. The average molecular weight is 379 g/mol. The van der Waals surface area contributed by atoms with Crippen LogP contribution in [0.25, 0.3) is 10.9 Å². The average Bonchev–Trinajstić information content (AvgIpc) is 3.02. The number of rotatable bonds is 8. The second kappa shape index (κ2) is 9.88. The van der Waals surface area contributed by atoms with Gasteiger partial charge in [-0.1, -0.05) is 24.3 Å². The maximum atomic E-state index is 4.70. The molecule has 0 aliphatic heterocycles. The first-order valence-electron chi connectivity index (χ1n) is 10.0. The number of nitrogens with zero attached hydrogens (tertiary/aromatic N) is 4. The monoisotopic (exact) mass is 378 g/mol. The van der Waals surface area contributed by atoms with Crippen molar-refractivity contribution in [2.45, 2.75) is 40.2 Å². The van der Waals surface area contributed by atoms with E-state index < -0.39 is 0 Å². The van der Waals surface area contributed by atoms with Crippen LogP contribution in [0.3, 0.4) is 0 Å². The fourth-order valence-corrected chi connectivity index (χ4v) is 3.34. The largest absolute Gasteiger partial charge is 0.357 e. The van der Waals surface area contributed by atoms with Gasteiger partial charge < -0.3 is 10.6 Å². The standard InChI is InChI=1S/C22H30N6/c1-4-23-22(25-13-7-15-28-18(3)16-17(2)27-28)26-14-11-20-9-5-8-19-10-6-12-24-21(19)20/h5-6,8-10,12,16H,4,7,11,13-15H2,1-3H3,(H2,23,25,26). The number of aliphatic imine (C=N–C) groups is 1. The molecule has 2 N–H and O–H groups in total. The Morgan fingerprint density at radius 1 is 1.14 bits per heavy atom. The molecule has 0 aliphatic rings. The molecule has 148 valence electrons. The molecule has 6 heteroatoms. The fraction of sp³-hybridized carbons (Fsp3) is 0.409. The lowest BCUT2D eigenvalue weighted by molar-refractivity contribution is 0.567. The minimum absolute atomic E-state index is 0.767. The lowest BCUT2D eigenvalue weighted by atomic mass is 10.1. The van der Waals surface area contributed by atoms with Crippen molar-refractivity contribution in [3.05, 3.63) is 59.5 Å². The molecule has 0 aliphatic carbocycles. The number of guanidine groups is 1. The highest BCUT2D eigenvalue weighted by molar-refractivity contribution is 5.82. The summed E-state index contributed by atoms with van der Waals surface area (Å²) in [4.78, 5) is 9.23. The van der Waals surface area contributed by atoms with E-state index in [1.165, 1.54) is 16.6 Å². The SMILES string of the molecule is CCNC(=NCCCn1nc(C)cc1C)NCCc1cccc2cccnc12. The second-order valence-corrected chi connectivity index (χ2v) is 6.93. The number of nitrogens with one attached hydrogen (secondary N) is 2. The van der Waals surface area contributed by atoms with Gasteiger partial charge in [0.05, 0.1) is 11.2 Å². The summed E-state index contributed by atoms with van der Waals surface area (Å²) >= 11 is 0. The maximum absolute atomic E-state index is 4.70. The molecule has 0 bridgehead atoms. The fourth-order valence-electron chi connectivity index (χ4n) is 3.34. The first-order valence-corrected chi connectivity index (χ1v) is 10.0. The summed E-state index contributed by atoms with van der Waals surface area (Å²) in [6, 6.07) is 12.5. The first-order chi connectivity index (χ1) is 13.7. The predicted molar refractivity (Wildman–Crippen MR) is 116 cm³/mol. The zero-order valence-corrected chi connectivity index (χ0v) is 17.1. The molecule has 0 saturated heterocycles. The van der Waals surface area contributed by atoms with Crippen LogP contribution in [0.1, 0.15) is 30.3 Å². The summed E-state index contributed by atoms with van der Waals surface area (Å²) in [6.45, 7) is 9.53. The normalized spacial score (nSPS) is 11.8. The molecule has 3 aromatic rings. The molecule has 0 amide bonds. The molecule has 3 rings (SSSR count). The maximum Gasteiger partial charge on any atom is 0.191 e. The van der Waals surface area contributed by atoms with Crippen LogP contribution in [-0.4, -0.2) is 40.4 Å². The number of hydrogen-bond acceptors (Lipinski definition) is 3. The number of aryl methyl sites for hydroxylation is 3. The van der Waals surface area contributed by atoms with Crippen LogP contribution < -0.4 is 10.6 Å². The van der Waals surface area contributed by atoms with E-state index in [0.717, 1.165) is 56.2 Å². The Labute approximate surface area is 167 Å². The number of fused-ring (bicyclic) bond motifs is 1. The van der Waals surface area contributed by atoms with E-state index in [-0.39, 0.29) is 0 Å². The van der Waals surface area contributed by atoms with Crippen molar-refractivity contribution in [3.8, 4) is 0 Å². The van der Waals surface area contributed by atoms with Gasteiger partial charge in [0.1, 0.15) is 0 Å². The minimum atomic E-state index is 0.767. The van der Waals surface area contributed by atoms with E-state index in [0.29, 0.717) is 0 Å². The molecule has 6 nitrogen and oxygen atoms in total. The third kappa shape index (κ3) is 5.31. The van der Waals surface area contributed by atoms with Crippen LogP contribution in [0.15, 0.2) is 47.6 Å². The van der Waals surface area contributed by atoms with Gasteiger partial charge in [-0.3, -0.25) is 14.7 Å². The number of hydrogen-bond donors (Lipinski definition) is 2. The Hall–Kier alpha value is -2.89. The zero-order valence-electron chi connectivity index (χ0n) is 17.1. The summed E-state index contributed by atoms with van der Waals surface area (Å²) in [5.41, 5.74) is 4.61. The van der Waals surface area contributed by atoms with Gasteiger partial charge in [-0.15, -0.1) is 0 Å². The quantitative estimate of drug-likeness (QED) is 0.359. The Kier molecular flexibility index (Phi) is 7.00. The zero-order chi connectivity index (χ0) is 19.8. The summed E-state index contributed by atoms with van der Waals surface area (Å²) in [5, 5.41) is 12.4. The van der Waals surface area contributed by atoms with Crippen LogP contribution in [0.2, 0.25) is 0 Å². The molecule has 0 atom stereocenters. The van der Waals surface area contributed by atoms with Crippen LogP contribution in [0.4, 0.5) is 0 Å². The molecule has 0 spiro atoms.